The molecule has 0 aromatic carbocycles. The number of ether oxygens (including phenoxy) is 1. The normalized spacial score (nSPS) is 17.1. The van der Waals surface area contributed by atoms with Gasteiger partial charge in [-0.25, -0.2) is 4.79 Å². The lowest BCUT2D eigenvalue weighted by atomic mass is 10.1. The summed E-state index contributed by atoms with van der Waals surface area (Å²) in [6, 6.07) is 0.347. The Kier molecular flexibility index (Phi) is 8.96. The van der Waals surface area contributed by atoms with Crippen molar-refractivity contribution < 1.29 is 9.53 Å². The van der Waals surface area contributed by atoms with Gasteiger partial charge in [-0.3, -0.25) is 0 Å². The number of rotatable bonds is 7. The highest BCUT2D eigenvalue weighted by Gasteiger charge is 2.28. The van der Waals surface area contributed by atoms with Gasteiger partial charge in [0.2, 0.25) is 0 Å². The first-order chi connectivity index (χ1) is 10.8. The Morgan fingerprint density at radius 1 is 1.13 bits per heavy atom. The molecule has 1 fully saturated rings. The number of amides is 1. The average molecular weight is 327 g/mol. The summed E-state index contributed by atoms with van der Waals surface area (Å²) in [5.74, 6) is 0.714. The zero-order chi connectivity index (χ0) is 17.3. The summed E-state index contributed by atoms with van der Waals surface area (Å²) in [6.07, 6.45) is 8.31. The molecule has 0 aliphatic heterocycles. The van der Waals surface area contributed by atoms with Crippen molar-refractivity contribution in [2.75, 3.05) is 19.6 Å². The van der Waals surface area contributed by atoms with Crippen LogP contribution >= 0.6 is 0 Å². The lowest BCUT2D eigenvalue weighted by Gasteiger charge is -2.33. The van der Waals surface area contributed by atoms with Crippen molar-refractivity contribution in [2.45, 2.75) is 91.2 Å². The Morgan fingerprint density at radius 3 is 2.26 bits per heavy atom. The van der Waals surface area contributed by atoms with Crippen molar-refractivity contribution in [1.29, 1.82) is 0 Å². The molecule has 4 nitrogen and oxygen atoms in total. The zero-order valence-corrected chi connectivity index (χ0v) is 16.0. The molecule has 0 aromatic heterocycles. The molecule has 0 atom stereocenters. The second-order valence-electron chi connectivity index (χ2n) is 8.25. The maximum atomic E-state index is 12.6. The highest BCUT2D eigenvalue weighted by Crippen LogP contribution is 2.23. The number of nitrogens with zero attached hydrogens (tertiary/aromatic N) is 1. The van der Waals surface area contributed by atoms with Crippen molar-refractivity contribution in [3.63, 3.8) is 0 Å². The van der Waals surface area contributed by atoms with Crippen molar-refractivity contribution >= 4 is 6.09 Å². The van der Waals surface area contributed by atoms with E-state index in [4.69, 9.17) is 4.74 Å². The first-order valence-electron chi connectivity index (χ1n) is 9.50. The third-order valence-electron chi connectivity index (χ3n) is 4.32. The molecule has 136 valence electrons. The van der Waals surface area contributed by atoms with Gasteiger partial charge < -0.3 is 15.0 Å². The van der Waals surface area contributed by atoms with Gasteiger partial charge in [-0.15, -0.1) is 0 Å². The molecule has 1 N–H and O–H groups in total. The third-order valence-corrected chi connectivity index (χ3v) is 4.32. The first-order valence-corrected chi connectivity index (χ1v) is 9.50. The number of carbonyl (C=O) groups is 1. The van der Waals surface area contributed by atoms with E-state index in [-0.39, 0.29) is 6.09 Å². The van der Waals surface area contributed by atoms with Gasteiger partial charge in [0, 0.05) is 19.1 Å². The van der Waals surface area contributed by atoms with Crippen LogP contribution in [0.4, 0.5) is 4.79 Å². The van der Waals surface area contributed by atoms with E-state index < -0.39 is 5.60 Å². The molecule has 0 spiro atoms. The van der Waals surface area contributed by atoms with Gasteiger partial charge >= 0.3 is 6.09 Å². The largest absolute Gasteiger partial charge is 0.444 e. The van der Waals surface area contributed by atoms with E-state index >= 15 is 0 Å². The molecular formula is C19H38N2O2. The Hall–Kier alpha value is -0.770. The summed E-state index contributed by atoms with van der Waals surface area (Å²) < 4.78 is 5.65. The fourth-order valence-electron chi connectivity index (χ4n) is 3.03. The Balaban J connectivity index is 2.54. The summed E-state index contributed by atoms with van der Waals surface area (Å²) in [6.45, 7) is 12.9. The molecule has 1 aliphatic carbocycles. The second kappa shape index (κ2) is 10.2. The molecule has 0 radical (unpaired) electrons. The third kappa shape index (κ3) is 9.19. The van der Waals surface area contributed by atoms with Crippen LogP contribution in [0.2, 0.25) is 0 Å². The highest BCUT2D eigenvalue weighted by molar-refractivity contribution is 5.68. The van der Waals surface area contributed by atoms with Crippen LogP contribution in [0.5, 0.6) is 0 Å². The van der Waals surface area contributed by atoms with Gasteiger partial charge in [0.05, 0.1) is 0 Å². The van der Waals surface area contributed by atoms with Crippen LogP contribution in [0.15, 0.2) is 0 Å². The second-order valence-corrected chi connectivity index (χ2v) is 8.25. The fourth-order valence-corrected chi connectivity index (χ4v) is 3.03. The molecule has 1 aliphatic rings. The van der Waals surface area contributed by atoms with Crippen LogP contribution in [-0.2, 0) is 4.74 Å². The Morgan fingerprint density at radius 2 is 1.74 bits per heavy atom. The Bertz CT molecular complexity index is 329. The summed E-state index contributed by atoms with van der Waals surface area (Å²) in [5.41, 5.74) is -0.425. The van der Waals surface area contributed by atoms with E-state index in [1.54, 1.807) is 0 Å². The quantitative estimate of drug-likeness (QED) is 0.550. The van der Waals surface area contributed by atoms with Gasteiger partial charge in [0.1, 0.15) is 5.60 Å². The highest BCUT2D eigenvalue weighted by atomic mass is 16.6. The van der Waals surface area contributed by atoms with E-state index in [9.17, 15) is 4.79 Å². The van der Waals surface area contributed by atoms with Crippen molar-refractivity contribution in [2.24, 2.45) is 5.92 Å². The van der Waals surface area contributed by atoms with Gasteiger partial charge in [0.15, 0.2) is 0 Å². The first kappa shape index (κ1) is 20.3. The van der Waals surface area contributed by atoms with Crippen LogP contribution in [-0.4, -0.2) is 42.3 Å². The minimum Gasteiger partial charge on any atom is -0.444 e. The standard InChI is InChI=1S/C19H38N2O2/c1-16(2)12-13-20-14-15-21(18(22)23-19(3,4)5)17-10-8-6-7-9-11-17/h16-17,20H,6-15H2,1-5H3. The van der Waals surface area contributed by atoms with Crippen molar-refractivity contribution in [3.8, 4) is 0 Å². The fraction of sp³-hybridized carbons (Fsp3) is 0.947. The number of hydrogen-bond donors (Lipinski definition) is 1. The molecule has 23 heavy (non-hydrogen) atoms. The van der Waals surface area contributed by atoms with Crippen molar-refractivity contribution in [3.05, 3.63) is 0 Å². The summed E-state index contributed by atoms with van der Waals surface area (Å²) in [7, 11) is 0. The van der Waals surface area contributed by atoms with Crippen molar-refractivity contribution in [1.82, 2.24) is 10.2 Å². The predicted molar refractivity (Wildman–Crippen MR) is 96.8 cm³/mol. The smallest absolute Gasteiger partial charge is 0.410 e. The van der Waals surface area contributed by atoms with E-state index in [0.29, 0.717) is 12.0 Å². The Labute approximate surface area is 143 Å². The zero-order valence-electron chi connectivity index (χ0n) is 16.0. The molecule has 4 heteroatoms. The maximum Gasteiger partial charge on any atom is 0.410 e. The summed E-state index contributed by atoms with van der Waals surface area (Å²) in [4.78, 5) is 14.6. The van der Waals surface area contributed by atoms with Gasteiger partial charge in [-0.2, -0.15) is 0 Å². The summed E-state index contributed by atoms with van der Waals surface area (Å²) in [5, 5.41) is 3.47. The van der Waals surface area contributed by atoms with Crippen LogP contribution in [0.1, 0.15) is 79.6 Å². The lowest BCUT2D eigenvalue weighted by Crippen LogP contribution is -2.46. The molecule has 1 saturated carbocycles. The van der Waals surface area contributed by atoms with E-state index in [1.165, 1.54) is 32.1 Å². The molecule has 0 bridgehead atoms. The predicted octanol–water partition coefficient (Wildman–Crippen LogP) is 4.58. The van der Waals surface area contributed by atoms with Crippen LogP contribution in [0, 0.1) is 5.92 Å². The topological polar surface area (TPSA) is 41.6 Å². The van der Waals surface area contributed by atoms with E-state index in [0.717, 1.165) is 32.5 Å². The molecule has 0 aromatic rings. The summed E-state index contributed by atoms with van der Waals surface area (Å²) >= 11 is 0. The lowest BCUT2D eigenvalue weighted by molar-refractivity contribution is 0.0147. The number of carbonyl (C=O) groups excluding carboxylic acids is 1. The average Bonchev–Trinajstić information content (AvgIpc) is 2.69. The molecule has 1 amide bonds. The SMILES string of the molecule is CC(C)CCNCCN(C(=O)OC(C)(C)C)C1CCCCCC1. The minimum atomic E-state index is -0.425. The van der Waals surface area contributed by atoms with Crippen LogP contribution in [0.3, 0.4) is 0 Å². The van der Waals surface area contributed by atoms with E-state index in [1.807, 2.05) is 25.7 Å². The van der Waals surface area contributed by atoms with Gasteiger partial charge in [0.25, 0.3) is 0 Å². The van der Waals surface area contributed by atoms with Gasteiger partial charge in [-0.1, -0.05) is 39.5 Å². The molecule has 0 heterocycles. The molecule has 0 saturated heterocycles. The van der Waals surface area contributed by atoms with Crippen LogP contribution < -0.4 is 5.32 Å². The molecule has 1 rings (SSSR count). The van der Waals surface area contributed by atoms with Crippen LogP contribution in [0.25, 0.3) is 0 Å². The minimum absolute atomic E-state index is 0.143. The molecule has 0 unspecified atom stereocenters. The monoisotopic (exact) mass is 326 g/mol. The number of nitrogens with one attached hydrogen (secondary N) is 1. The maximum absolute atomic E-state index is 12.6. The van der Waals surface area contributed by atoms with Gasteiger partial charge in [-0.05, 0) is 52.5 Å². The van der Waals surface area contributed by atoms with E-state index in [2.05, 4.69) is 19.2 Å². The molecular weight excluding hydrogens is 288 g/mol. The number of hydrogen-bond acceptors (Lipinski definition) is 3.